The topological polar surface area (TPSA) is 101 Å². The summed E-state index contributed by atoms with van der Waals surface area (Å²) >= 11 is 0. The molecule has 0 bridgehead atoms. The van der Waals surface area contributed by atoms with Crippen LogP contribution in [0.4, 0.5) is 10.7 Å². The fraction of sp³-hybridized carbons (Fsp3) is 0.200. The minimum Gasteiger partial charge on any atom is -0.450 e. The number of rotatable bonds is 3. The van der Waals surface area contributed by atoms with Crippen LogP contribution in [0.2, 0.25) is 0 Å². The van der Waals surface area contributed by atoms with Gasteiger partial charge in [0.1, 0.15) is 0 Å². The minimum absolute atomic E-state index is 0.0594. The number of benzene rings is 1. The van der Waals surface area contributed by atoms with Crippen molar-refractivity contribution in [3.05, 3.63) is 18.2 Å². The fourth-order valence-electron chi connectivity index (χ4n) is 1.46. The highest BCUT2D eigenvalue weighted by atomic mass is 35.7. The van der Waals surface area contributed by atoms with Crippen LogP contribution in [0.1, 0.15) is 6.92 Å². The molecule has 1 amide bonds. The molecule has 0 saturated heterocycles. The molecule has 0 aliphatic rings. The molecule has 2 aromatic rings. The van der Waals surface area contributed by atoms with Crippen LogP contribution in [0.25, 0.3) is 11.0 Å². The van der Waals surface area contributed by atoms with Crippen molar-refractivity contribution in [2.75, 3.05) is 11.9 Å². The summed E-state index contributed by atoms with van der Waals surface area (Å²) in [4.78, 5) is 18.0. The zero-order valence-electron chi connectivity index (χ0n) is 9.81. The van der Waals surface area contributed by atoms with Gasteiger partial charge in [-0.25, -0.2) is 18.2 Å². The molecule has 0 aliphatic heterocycles. The number of H-pyrrole nitrogens is 1. The predicted octanol–water partition coefficient (Wildman–Crippen LogP) is 2.06. The van der Waals surface area contributed by atoms with Gasteiger partial charge in [0.05, 0.1) is 22.5 Å². The monoisotopic (exact) mass is 303 g/mol. The molecule has 9 heteroatoms. The van der Waals surface area contributed by atoms with E-state index in [4.69, 9.17) is 15.4 Å². The summed E-state index contributed by atoms with van der Waals surface area (Å²) in [5, 5.41) is 2.38. The molecule has 2 rings (SSSR count). The van der Waals surface area contributed by atoms with Gasteiger partial charge in [-0.15, -0.1) is 0 Å². The van der Waals surface area contributed by atoms with Crippen molar-refractivity contribution in [3.63, 3.8) is 0 Å². The van der Waals surface area contributed by atoms with E-state index in [-0.39, 0.29) is 17.5 Å². The second-order valence-electron chi connectivity index (χ2n) is 3.55. The van der Waals surface area contributed by atoms with Crippen molar-refractivity contribution >= 4 is 42.8 Å². The maximum Gasteiger partial charge on any atom is 0.413 e. The van der Waals surface area contributed by atoms with Gasteiger partial charge in [0.15, 0.2) is 0 Å². The Morgan fingerprint density at radius 1 is 1.53 bits per heavy atom. The Kier molecular flexibility index (Phi) is 3.63. The molecule has 19 heavy (non-hydrogen) atoms. The Labute approximate surface area is 113 Å². The molecule has 0 unspecified atom stereocenters. The van der Waals surface area contributed by atoms with Crippen molar-refractivity contribution in [1.82, 2.24) is 9.97 Å². The lowest BCUT2D eigenvalue weighted by Crippen LogP contribution is -2.14. The molecule has 0 spiro atoms. The summed E-state index contributed by atoms with van der Waals surface area (Å²) in [6.45, 7) is 1.91. The third-order valence-electron chi connectivity index (χ3n) is 2.23. The van der Waals surface area contributed by atoms with Crippen molar-refractivity contribution in [2.45, 2.75) is 11.8 Å². The molecule has 0 atom stereocenters. The van der Waals surface area contributed by atoms with Crippen LogP contribution >= 0.6 is 10.7 Å². The van der Waals surface area contributed by atoms with Crippen LogP contribution in [-0.4, -0.2) is 31.1 Å². The lowest BCUT2D eigenvalue weighted by atomic mass is 10.3. The van der Waals surface area contributed by atoms with Crippen molar-refractivity contribution in [1.29, 1.82) is 0 Å². The van der Waals surface area contributed by atoms with Crippen LogP contribution in [-0.2, 0) is 13.8 Å². The first-order valence-corrected chi connectivity index (χ1v) is 7.59. The van der Waals surface area contributed by atoms with E-state index >= 15 is 0 Å². The number of ether oxygens (including phenoxy) is 1. The van der Waals surface area contributed by atoms with E-state index in [1.165, 1.54) is 18.2 Å². The molecular formula is C10H10ClN3O4S. The zero-order chi connectivity index (χ0) is 14.0. The average Bonchev–Trinajstić information content (AvgIpc) is 2.68. The first-order valence-electron chi connectivity index (χ1n) is 5.28. The van der Waals surface area contributed by atoms with E-state index < -0.39 is 15.1 Å². The van der Waals surface area contributed by atoms with Gasteiger partial charge >= 0.3 is 6.09 Å². The summed E-state index contributed by atoms with van der Waals surface area (Å²) in [5.74, 6) is 0.164. The number of aromatic nitrogens is 2. The van der Waals surface area contributed by atoms with Gasteiger partial charge in [-0.3, -0.25) is 5.32 Å². The Balaban J connectivity index is 2.33. The standard InChI is InChI=1S/C10H10ClN3O4S/c1-2-18-10(15)14-9-12-7-4-3-6(19(11,16)17)5-8(7)13-9/h3-5H,2H2,1H3,(H2,12,13,14,15). The largest absolute Gasteiger partial charge is 0.450 e. The Morgan fingerprint density at radius 3 is 2.89 bits per heavy atom. The number of halogens is 1. The molecule has 2 N–H and O–H groups in total. The van der Waals surface area contributed by atoms with Crippen LogP contribution in [0.15, 0.2) is 23.1 Å². The molecule has 1 heterocycles. The number of imidazole rings is 1. The summed E-state index contributed by atoms with van der Waals surface area (Å²) in [5.41, 5.74) is 0.935. The number of nitrogens with one attached hydrogen (secondary N) is 2. The highest BCUT2D eigenvalue weighted by molar-refractivity contribution is 8.13. The van der Waals surface area contributed by atoms with Gasteiger partial charge in [-0.2, -0.15) is 0 Å². The van der Waals surface area contributed by atoms with Crippen LogP contribution < -0.4 is 5.32 Å². The molecular weight excluding hydrogens is 294 g/mol. The number of hydrogen-bond donors (Lipinski definition) is 2. The van der Waals surface area contributed by atoms with Crippen molar-refractivity contribution in [2.24, 2.45) is 0 Å². The Bertz CT molecular complexity index is 725. The van der Waals surface area contributed by atoms with Crippen molar-refractivity contribution in [3.8, 4) is 0 Å². The number of hydrogen-bond acceptors (Lipinski definition) is 5. The van der Waals surface area contributed by atoms with Gasteiger partial charge in [0, 0.05) is 10.7 Å². The van der Waals surface area contributed by atoms with Gasteiger partial charge in [0.25, 0.3) is 9.05 Å². The summed E-state index contributed by atoms with van der Waals surface area (Å²) in [7, 11) is 1.43. The Morgan fingerprint density at radius 2 is 2.26 bits per heavy atom. The number of amides is 1. The van der Waals surface area contributed by atoms with Gasteiger partial charge in [-0.05, 0) is 25.1 Å². The minimum atomic E-state index is -3.81. The molecule has 0 radical (unpaired) electrons. The molecule has 0 aliphatic carbocycles. The first kappa shape index (κ1) is 13.6. The number of carbonyl (C=O) groups is 1. The number of carbonyl (C=O) groups excluding carboxylic acids is 1. The zero-order valence-corrected chi connectivity index (χ0v) is 11.4. The SMILES string of the molecule is CCOC(=O)Nc1nc2cc(S(=O)(=O)Cl)ccc2[nH]1. The van der Waals surface area contributed by atoms with E-state index in [9.17, 15) is 13.2 Å². The van der Waals surface area contributed by atoms with Crippen molar-refractivity contribution < 1.29 is 17.9 Å². The molecule has 0 saturated carbocycles. The fourth-order valence-corrected chi connectivity index (χ4v) is 2.23. The van der Waals surface area contributed by atoms with E-state index in [1.807, 2.05) is 0 Å². The number of nitrogens with zero attached hydrogens (tertiary/aromatic N) is 1. The quantitative estimate of drug-likeness (QED) is 0.845. The third-order valence-corrected chi connectivity index (χ3v) is 3.58. The van der Waals surface area contributed by atoms with E-state index in [0.29, 0.717) is 11.0 Å². The lowest BCUT2D eigenvalue weighted by molar-refractivity contribution is 0.167. The van der Waals surface area contributed by atoms with Gasteiger partial charge in [-0.1, -0.05) is 0 Å². The molecule has 1 aromatic carbocycles. The van der Waals surface area contributed by atoms with E-state index in [2.05, 4.69) is 15.3 Å². The second kappa shape index (κ2) is 5.06. The van der Waals surface area contributed by atoms with Gasteiger partial charge in [0.2, 0.25) is 5.95 Å². The predicted molar refractivity (Wildman–Crippen MR) is 69.8 cm³/mol. The average molecular weight is 304 g/mol. The second-order valence-corrected chi connectivity index (χ2v) is 6.11. The molecule has 7 nitrogen and oxygen atoms in total. The summed E-state index contributed by atoms with van der Waals surface area (Å²) in [6.07, 6.45) is -0.647. The normalized spacial score (nSPS) is 11.5. The number of anilines is 1. The number of aromatic amines is 1. The molecule has 1 aromatic heterocycles. The lowest BCUT2D eigenvalue weighted by Gasteiger charge is -2.00. The molecule has 102 valence electrons. The van der Waals surface area contributed by atoms with Crippen LogP contribution in [0, 0.1) is 0 Å². The van der Waals surface area contributed by atoms with E-state index in [0.717, 1.165) is 0 Å². The van der Waals surface area contributed by atoms with Crippen LogP contribution in [0.3, 0.4) is 0 Å². The van der Waals surface area contributed by atoms with E-state index in [1.54, 1.807) is 6.92 Å². The molecule has 0 fully saturated rings. The highest BCUT2D eigenvalue weighted by Gasteiger charge is 2.13. The van der Waals surface area contributed by atoms with Crippen LogP contribution in [0.5, 0.6) is 0 Å². The van der Waals surface area contributed by atoms with Gasteiger partial charge < -0.3 is 9.72 Å². The maximum atomic E-state index is 11.2. The maximum absolute atomic E-state index is 11.2. The smallest absolute Gasteiger partial charge is 0.413 e. The third kappa shape index (κ3) is 3.15. The summed E-state index contributed by atoms with van der Waals surface area (Å²) < 4.78 is 27.1. The summed E-state index contributed by atoms with van der Waals surface area (Å²) in [6, 6.07) is 4.16. The number of fused-ring (bicyclic) bond motifs is 1. The highest BCUT2D eigenvalue weighted by Crippen LogP contribution is 2.21. The Hall–Kier alpha value is -1.80. The first-order chi connectivity index (χ1) is 8.90.